The van der Waals surface area contributed by atoms with Gasteiger partial charge in [0.15, 0.2) is 0 Å². The quantitative estimate of drug-likeness (QED) is 0.855. The summed E-state index contributed by atoms with van der Waals surface area (Å²) in [6, 6.07) is 11.8. The van der Waals surface area contributed by atoms with Crippen molar-refractivity contribution in [2.75, 3.05) is 5.32 Å². The van der Waals surface area contributed by atoms with Gasteiger partial charge < -0.3 is 5.32 Å². The first-order chi connectivity index (χ1) is 8.28. The summed E-state index contributed by atoms with van der Waals surface area (Å²) in [5.41, 5.74) is 2.04. The number of halogens is 1. The molecule has 1 heterocycles. The lowest BCUT2D eigenvalue weighted by molar-refractivity contribution is -0.115. The third-order valence-electron chi connectivity index (χ3n) is 2.31. The highest BCUT2D eigenvalue weighted by molar-refractivity contribution is 9.08. The van der Waals surface area contributed by atoms with Gasteiger partial charge in [-0.25, -0.2) is 0 Å². The lowest BCUT2D eigenvalue weighted by Crippen LogP contribution is -2.13. The van der Waals surface area contributed by atoms with E-state index in [0.717, 1.165) is 15.9 Å². The summed E-state index contributed by atoms with van der Waals surface area (Å²) in [7, 11) is 0. The smallest absolute Gasteiger partial charge is 0.229 e. The number of benzene rings is 1. The van der Waals surface area contributed by atoms with Crippen molar-refractivity contribution in [3.05, 3.63) is 52.2 Å². The molecular weight excluding hydrogens is 298 g/mol. The number of carbonyl (C=O) groups is 1. The van der Waals surface area contributed by atoms with Gasteiger partial charge >= 0.3 is 0 Å². The van der Waals surface area contributed by atoms with Crippen LogP contribution in [0, 0.1) is 0 Å². The maximum Gasteiger partial charge on any atom is 0.229 e. The minimum atomic E-state index is 0.0269. The molecule has 1 amide bonds. The first-order valence-electron chi connectivity index (χ1n) is 5.25. The Labute approximate surface area is 113 Å². The van der Waals surface area contributed by atoms with Gasteiger partial charge in [0.2, 0.25) is 5.91 Å². The van der Waals surface area contributed by atoms with Crippen molar-refractivity contribution in [3.63, 3.8) is 0 Å². The minimum absolute atomic E-state index is 0.0269. The molecule has 88 valence electrons. The lowest BCUT2D eigenvalue weighted by Gasteiger charge is -2.04. The van der Waals surface area contributed by atoms with Crippen LogP contribution in [-0.2, 0) is 16.5 Å². The molecule has 0 spiro atoms. The largest absolute Gasteiger partial charge is 0.326 e. The van der Waals surface area contributed by atoms with Crippen molar-refractivity contribution in [3.8, 4) is 0 Å². The molecule has 0 unspecified atom stereocenters. The van der Waals surface area contributed by atoms with Gasteiger partial charge in [0.05, 0.1) is 6.42 Å². The Hall–Kier alpha value is -1.13. The SMILES string of the molecule is O=C(Cc1cccs1)Nc1ccc(CBr)cc1. The maximum absolute atomic E-state index is 11.7. The monoisotopic (exact) mass is 309 g/mol. The fourth-order valence-corrected chi connectivity index (χ4v) is 2.53. The van der Waals surface area contributed by atoms with Gasteiger partial charge in [0, 0.05) is 15.9 Å². The first kappa shape index (κ1) is 12.3. The van der Waals surface area contributed by atoms with Crippen LogP contribution < -0.4 is 5.32 Å². The summed E-state index contributed by atoms with van der Waals surface area (Å²) in [6.45, 7) is 0. The standard InChI is InChI=1S/C13H12BrNOS/c14-9-10-3-5-11(6-4-10)15-13(16)8-12-2-1-7-17-12/h1-7H,8-9H2,(H,15,16). The molecule has 2 nitrogen and oxygen atoms in total. The second-order valence-corrected chi connectivity index (χ2v) is 5.23. The fraction of sp³-hybridized carbons (Fsp3) is 0.154. The predicted octanol–water partition coefficient (Wildman–Crippen LogP) is 3.82. The van der Waals surface area contributed by atoms with Crippen LogP contribution >= 0.6 is 27.3 Å². The van der Waals surface area contributed by atoms with E-state index in [4.69, 9.17) is 0 Å². The fourth-order valence-electron chi connectivity index (χ4n) is 1.45. The molecule has 0 radical (unpaired) electrons. The number of amides is 1. The number of thiophene rings is 1. The van der Waals surface area contributed by atoms with Crippen molar-refractivity contribution >= 4 is 38.9 Å². The van der Waals surface area contributed by atoms with E-state index in [1.807, 2.05) is 41.8 Å². The number of nitrogens with one attached hydrogen (secondary N) is 1. The first-order valence-corrected chi connectivity index (χ1v) is 7.25. The van der Waals surface area contributed by atoms with Crippen molar-refractivity contribution in [1.82, 2.24) is 0 Å². The highest BCUT2D eigenvalue weighted by Gasteiger charge is 2.04. The van der Waals surface area contributed by atoms with Crippen LogP contribution in [0.15, 0.2) is 41.8 Å². The van der Waals surface area contributed by atoms with Crippen molar-refractivity contribution < 1.29 is 4.79 Å². The van der Waals surface area contributed by atoms with Crippen LogP contribution in [0.4, 0.5) is 5.69 Å². The average Bonchev–Trinajstić information content (AvgIpc) is 2.82. The summed E-state index contributed by atoms with van der Waals surface area (Å²) >= 11 is 4.99. The third-order valence-corrected chi connectivity index (χ3v) is 3.83. The normalized spacial score (nSPS) is 10.2. The molecule has 1 aromatic carbocycles. The van der Waals surface area contributed by atoms with Crippen LogP contribution in [-0.4, -0.2) is 5.91 Å². The van der Waals surface area contributed by atoms with Gasteiger partial charge in [0.25, 0.3) is 0 Å². The number of hydrogen-bond donors (Lipinski definition) is 1. The van der Waals surface area contributed by atoms with E-state index in [2.05, 4.69) is 21.2 Å². The average molecular weight is 310 g/mol. The van der Waals surface area contributed by atoms with E-state index in [1.54, 1.807) is 11.3 Å². The molecule has 0 bridgehead atoms. The molecule has 0 aliphatic heterocycles. The number of alkyl halides is 1. The Kier molecular flexibility index (Phi) is 4.34. The van der Waals surface area contributed by atoms with Gasteiger partial charge in [-0.05, 0) is 29.1 Å². The summed E-state index contributed by atoms with van der Waals surface area (Å²) in [5.74, 6) is 0.0269. The van der Waals surface area contributed by atoms with E-state index in [0.29, 0.717) is 6.42 Å². The Morgan fingerprint density at radius 1 is 1.24 bits per heavy atom. The molecule has 2 aromatic rings. The number of hydrogen-bond acceptors (Lipinski definition) is 2. The third kappa shape index (κ3) is 3.68. The van der Waals surface area contributed by atoms with Crippen molar-refractivity contribution in [2.45, 2.75) is 11.8 Å². The van der Waals surface area contributed by atoms with Gasteiger partial charge in [-0.3, -0.25) is 4.79 Å². The maximum atomic E-state index is 11.7. The summed E-state index contributed by atoms with van der Waals surface area (Å²) in [5, 5.41) is 5.69. The van der Waals surface area contributed by atoms with E-state index in [-0.39, 0.29) is 5.91 Å². The topological polar surface area (TPSA) is 29.1 Å². The number of rotatable bonds is 4. The van der Waals surface area contributed by atoms with E-state index in [9.17, 15) is 4.79 Å². The summed E-state index contributed by atoms with van der Waals surface area (Å²) in [4.78, 5) is 12.8. The van der Waals surface area contributed by atoms with Crippen LogP contribution in [0.1, 0.15) is 10.4 Å². The molecule has 4 heteroatoms. The van der Waals surface area contributed by atoms with E-state index >= 15 is 0 Å². The van der Waals surface area contributed by atoms with Crippen LogP contribution in [0.25, 0.3) is 0 Å². The number of carbonyl (C=O) groups excluding carboxylic acids is 1. The molecule has 17 heavy (non-hydrogen) atoms. The highest BCUT2D eigenvalue weighted by Crippen LogP contribution is 2.14. The molecule has 1 aromatic heterocycles. The predicted molar refractivity (Wildman–Crippen MR) is 75.7 cm³/mol. The molecule has 0 aliphatic rings. The molecule has 0 saturated carbocycles. The van der Waals surface area contributed by atoms with Gasteiger partial charge in [-0.2, -0.15) is 0 Å². The second-order valence-electron chi connectivity index (χ2n) is 3.63. The van der Waals surface area contributed by atoms with Crippen LogP contribution in [0.3, 0.4) is 0 Å². The lowest BCUT2D eigenvalue weighted by atomic mass is 10.2. The Morgan fingerprint density at radius 2 is 2.00 bits per heavy atom. The van der Waals surface area contributed by atoms with E-state index < -0.39 is 0 Å². The zero-order valence-electron chi connectivity index (χ0n) is 9.15. The molecule has 0 saturated heterocycles. The van der Waals surface area contributed by atoms with E-state index in [1.165, 1.54) is 5.56 Å². The zero-order valence-corrected chi connectivity index (χ0v) is 11.6. The summed E-state index contributed by atoms with van der Waals surface area (Å²) < 4.78 is 0. The minimum Gasteiger partial charge on any atom is -0.326 e. The molecular formula is C13H12BrNOS. The Balaban J connectivity index is 1.93. The van der Waals surface area contributed by atoms with Crippen LogP contribution in [0.5, 0.6) is 0 Å². The zero-order chi connectivity index (χ0) is 12.1. The molecule has 0 fully saturated rings. The van der Waals surface area contributed by atoms with Gasteiger partial charge in [-0.15, -0.1) is 11.3 Å². The van der Waals surface area contributed by atoms with Gasteiger partial charge in [-0.1, -0.05) is 34.1 Å². The molecule has 1 N–H and O–H groups in total. The van der Waals surface area contributed by atoms with Crippen LogP contribution in [0.2, 0.25) is 0 Å². The Morgan fingerprint density at radius 3 is 2.59 bits per heavy atom. The molecule has 0 aliphatic carbocycles. The number of anilines is 1. The summed E-state index contributed by atoms with van der Waals surface area (Å²) in [6.07, 6.45) is 0.442. The molecule has 0 atom stereocenters. The highest BCUT2D eigenvalue weighted by atomic mass is 79.9. The van der Waals surface area contributed by atoms with Crippen molar-refractivity contribution in [1.29, 1.82) is 0 Å². The van der Waals surface area contributed by atoms with Gasteiger partial charge in [0.1, 0.15) is 0 Å². The molecule has 2 rings (SSSR count). The van der Waals surface area contributed by atoms with Crippen molar-refractivity contribution in [2.24, 2.45) is 0 Å². The second kappa shape index (κ2) is 5.98. The Bertz CT molecular complexity index is 479.